The molecule has 5 rings (SSSR count). The molecule has 3 N–H and O–H groups in total. The molecule has 1 aliphatic heterocycles. The van der Waals surface area contributed by atoms with Crippen LogP contribution in [0, 0.1) is 0 Å². The summed E-state index contributed by atoms with van der Waals surface area (Å²) in [4.78, 5) is 6.24. The number of halogens is 1. The maximum absolute atomic E-state index is 12.7. The van der Waals surface area contributed by atoms with E-state index in [2.05, 4.69) is 15.4 Å². The number of nitrogens with one attached hydrogen (secondary N) is 1. The van der Waals surface area contributed by atoms with Gasteiger partial charge >= 0.3 is 0 Å². The highest BCUT2D eigenvalue weighted by Gasteiger charge is 2.42. The van der Waals surface area contributed by atoms with Gasteiger partial charge in [-0.05, 0) is 48.4 Å². The molecule has 4 aromatic rings. The number of anilines is 2. The molecule has 1 saturated heterocycles. The standard InChI is InChI=1S/C27H30FN5O4/c1-36-23-6-4-3-5-20(23)22-10-8-19-16-29-26(31-33(19)22)30-21-9-7-18(15-24(21)37-2)27(35)11-13-32(14-12-28)17-25(27)34/h3-10,15-16,25,34-35H,11-14,17H2,1-2H3,(H,30,31)/t25-,27-/m0/s1. The van der Waals surface area contributed by atoms with Crippen LogP contribution in [0.2, 0.25) is 0 Å². The Hall–Kier alpha value is -3.73. The van der Waals surface area contributed by atoms with E-state index in [1.54, 1.807) is 40.9 Å². The summed E-state index contributed by atoms with van der Waals surface area (Å²) in [7, 11) is 3.17. The number of nitrogens with zero attached hydrogens (tertiary/aromatic N) is 4. The minimum atomic E-state index is -1.46. The lowest BCUT2D eigenvalue weighted by Gasteiger charge is -2.42. The fourth-order valence-electron chi connectivity index (χ4n) is 4.84. The third-order valence-corrected chi connectivity index (χ3v) is 6.92. The molecule has 0 spiro atoms. The van der Waals surface area contributed by atoms with Crippen LogP contribution in [0.4, 0.5) is 16.0 Å². The molecular formula is C27H30FN5O4. The zero-order valence-corrected chi connectivity index (χ0v) is 20.8. The highest BCUT2D eigenvalue weighted by Crippen LogP contribution is 2.38. The third-order valence-electron chi connectivity index (χ3n) is 6.92. The van der Waals surface area contributed by atoms with Gasteiger partial charge in [0.2, 0.25) is 5.95 Å². The summed E-state index contributed by atoms with van der Waals surface area (Å²) in [5.41, 5.74) is 2.26. The van der Waals surface area contributed by atoms with Gasteiger partial charge in [0.25, 0.3) is 0 Å². The van der Waals surface area contributed by atoms with E-state index in [0.717, 1.165) is 22.5 Å². The van der Waals surface area contributed by atoms with E-state index in [9.17, 15) is 14.6 Å². The molecule has 2 aromatic carbocycles. The van der Waals surface area contributed by atoms with E-state index in [1.165, 1.54) is 7.11 Å². The first kappa shape index (κ1) is 24.9. The zero-order valence-electron chi connectivity index (χ0n) is 20.8. The molecule has 0 radical (unpaired) electrons. The Bertz CT molecular complexity index is 1400. The van der Waals surface area contributed by atoms with Gasteiger partial charge in [0.15, 0.2) is 0 Å². The predicted octanol–water partition coefficient (Wildman–Crippen LogP) is 3.38. The van der Waals surface area contributed by atoms with E-state index in [1.807, 2.05) is 36.4 Å². The van der Waals surface area contributed by atoms with Crippen LogP contribution in [-0.4, -0.2) is 76.3 Å². The number of para-hydroxylation sites is 1. The number of likely N-dealkylation sites (tertiary alicyclic amines) is 1. The second-order valence-corrected chi connectivity index (χ2v) is 9.06. The molecule has 3 heterocycles. The van der Waals surface area contributed by atoms with Crippen molar-refractivity contribution in [2.24, 2.45) is 0 Å². The van der Waals surface area contributed by atoms with E-state index in [0.29, 0.717) is 29.5 Å². The average Bonchev–Trinajstić information content (AvgIpc) is 3.34. The topological polar surface area (TPSA) is 104 Å². The van der Waals surface area contributed by atoms with Gasteiger partial charge in [0.05, 0.1) is 43.4 Å². The molecule has 2 aromatic heterocycles. The van der Waals surface area contributed by atoms with Crippen LogP contribution in [0.3, 0.4) is 0 Å². The number of fused-ring (bicyclic) bond motifs is 1. The monoisotopic (exact) mass is 507 g/mol. The molecule has 1 fully saturated rings. The molecule has 0 saturated carbocycles. The number of aromatic nitrogens is 3. The first-order valence-corrected chi connectivity index (χ1v) is 12.1. The van der Waals surface area contributed by atoms with Gasteiger partial charge < -0.3 is 25.0 Å². The minimum Gasteiger partial charge on any atom is -0.496 e. The van der Waals surface area contributed by atoms with Crippen molar-refractivity contribution in [3.05, 3.63) is 66.4 Å². The average molecular weight is 508 g/mol. The minimum absolute atomic E-state index is 0.196. The van der Waals surface area contributed by atoms with Gasteiger partial charge in [-0.1, -0.05) is 18.2 Å². The van der Waals surface area contributed by atoms with E-state index in [-0.39, 0.29) is 19.5 Å². The summed E-state index contributed by atoms with van der Waals surface area (Å²) in [6, 6.07) is 16.8. The number of methoxy groups -OCH3 is 2. The number of piperidine rings is 1. The summed E-state index contributed by atoms with van der Waals surface area (Å²) >= 11 is 0. The lowest BCUT2D eigenvalue weighted by atomic mass is 9.82. The molecule has 0 bridgehead atoms. The Morgan fingerprint density at radius 1 is 1.11 bits per heavy atom. The normalized spacial score (nSPS) is 20.2. The van der Waals surface area contributed by atoms with Crippen LogP contribution in [0.1, 0.15) is 12.0 Å². The van der Waals surface area contributed by atoms with Crippen LogP contribution in [0.15, 0.2) is 60.8 Å². The summed E-state index contributed by atoms with van der Waals surface area (Å²) in [6.07, 6.45) is 0.951. The van der Waals surface area contributed by atoms with E-state index in [4.69, 9.17) is 9.47 Å². The molecule has 0 aliphatic carbocycles. The van der Waals surface area contributed by atoms with Crippen molar-refractivity contribution in [1.82, 2.24) is 19.5 Å². The smallest absolute Gasteiger partial charge is 0.245 e. The Morgan fingerprint density at radius 2 is 1.92 bits per heavy atom. The molecule has 9 nitrogen and oxygen atoms in total. The summed E-state index contributed by atoms with van der Waals surface area (Å²) in [5, 5.41) is 29.8. The largest absolute Gasteiger partial charge is 0.496 e. The number of β-amino-alcohol motifs (C(OH)–C–C–N with tert-alkyl or cyclic N) is 1. The Kier molecular flexibility index (Phi) is 6.96. The van der Waals surface area contributed by atoms with Crippen LogP contribution in [0.25, 0.3) is 16.8 Å². The second-order valence-electron chi connectivity index (χ2n) is 9.06. The zero-order chi connectivity index (χ0) is 26.0. The van der Waals surface area contributed by atoms with Crippen LogP contribution in [0.5, 0.6) is 11.5 Å². The molecule has 37 heavy (non-hydrogen) atoms. The maximum atomic E-state index is 12.7. The second kappa shape index (κ2) is 10.3. The Morgan fingerprint density at radius 3 is 2.68 bits per heavy atom. The van der Waals surface area contributed by atoms with Crippen LogP contribution < -0.4 is 14.8 Å². The van der Waals surface area contributed by atoms with Gasteiger partial charge in [-0.25, -0.2) is 13.9 Å². The van der Waals surface area contributed by atoms with Crippen molar-refractivity contribution >= 4 is 17.2 Å². The Balaban J connectivity index is 1.43. The van der Waals surface area contributed by atoms with Gasteiger partial charge in [0.1, 0.15) is 23.8 Å². The third kappa shape index (κ3) is 4.71. The SMILES string of the molecule is COc1cc([C@@]2(O)CCN(CCF)C[C@@H]2O)ccc1Nc1ncc2ccc(-c3ccccc3OC)n2n1. The molecule has 0 unspecified atom stereocenters. The van der Waals surface area contributed by atoms with Gasteiger partial charge in [-0.3, -0.25) is 4.90 Å². The van der Waals surface area contributed by atoms with Crippen molar-refractivity contribution in [2.75, 3.05) is 45.8 Å². The van der Waals surface area contributed by atoms with Crippen molar-refractivity contribution in [2.45, 2.75) is 18.1 Å². The van der Waals surface area contributed by atoms with Crippen LogP contribution >= 0.6 is 0 Å². The quantitative estimate of drug-likeness (QED) is 0.334. The van der Waals surface area contributed by atoms with Crippen molar-refractivity contribution in [3.8, 4) is 22.8 Å². The summed E-state index contributed by atoms with van der Waals surface area (Å²) in [6.45, 7) is 0.432. The predicted molar refractivity (Wildman–Crippen MR) is 138 cm³/mol. The maximum Gasteiger partial charge on any atom is 0.245 e. The Labute approximate surface area is 214 Å². The lowest BCUT2D eigenvalue weighted by molar-refractivity contribution is -0.125. The number of hydrogen-bond acceptors (Lipinski definition) is 8. The van der Waals surface area contributed by atoms with E-state index >= 15 is 0 Å². The first-order valence-electron chi connectivity index (χ1n) is 12.1. The van der Waals surface area contributed by atoms with E-state index < -0.39 is 18.4 Å². The lowest BCUT2D eigenvalue weighted by Crippen LogP contribution is -2.53. The van der Waals surface area contributed by atoms with Gasteiger partial charge in [-0.15, -0.1) is 5.10 Å². The molecular weight excluding hydrogens is 477 g/mol. The summed E-state index contributed by atoms with van der Waals surface area (Å²) < 4.78 is 25.6. The number of ether oxygens (including phenoxy) is 2. The fourth-order valence-corrected chi connectivity index (χ4v) is 4.84. The number of rotatable bonds is 8. The van der Waals surface area contributed by atoms with Gasteiger partial charge in [-0.2, -0.15) is 0 Å². The van der Waals surface area contributed by atoms with Crippen molar-refractivity contribution in [3.63, 3.8) is 0 Å². The van der Waals surface area contributed by atoms with Gasteiger partial charge in [0, 0.05) is 25.2 Å². The first-order chi connectivity index (χ1) is 18.0. The van der Waals surface area contributed by atoms with Crippen LogP contribution in [-0.2, 0) is 5.60 Å². The number of aliphatic hydroxyl groups excluding tert-OH is 1. The highest BCUT2D eigenvalue weighted by atomic mass is 19.1. The number of aliphatic hydroxyl groups is 2. The van der Waals surface area contributed by atoms with Crippen molar-refractivity contribution < 1.29 is 24.1 Å². The molecule has 0 amide bonds. The number of alkyl halides is 1. The molecule has 1 aliphatic rings. The number of hydrogen-bond donors (Lipinski definition) is 3. The fraction of sp³-hybridized carbons (Fsp3) is 0.333. The number of benzene rings is 2. The molecule has 10 heteroatoms. The van der Waals surface area contributed by atoms with Crippen molar-refractivity contribution in [1.29, 1.82) is 0 Å². The molecule has 2 atom stereocenters. The summed E-state index contributed by atoms with van der Waals surface area (Å²) in [5.74, 6) is 1.55. The highest BCUT2D eigenvalue weighted by molar-refractivity contribution is 5.72. The molecule has 194 valence electrons.